The Morgan fingerprint density at radius 3 is 2.38 bits per heavy atom. The van der Waals surface area contributed by atoms with E-state index in [4.69, 9.17) is 23.2 Å². The molecule has 0 saturated carbocycles. The minimum absolute atomic E-state index is 0.0547. The molecule has 0 fully saturated rings. The third kappa shape index (κ3) is 3.98. The van der Waals surface area contributed by atoms with Crippen molar-refractivity contribution in [3.8, 4) is 0 Å². The third-order valence-electron chi connectivity index (χ3n) is 3.12. The van der Waals surface area contributed by atoms with Crippen LogP contribution in [0.1, 0.15) is 11.1 Å². The van der Waals surface area contributed by atoms with Gasteiger partial charge in [-0.1, -0.05) is 53.5 Å². The molecule has 2 aromatic carbocycles. The van der Waals surface area contributed by atoms with Crippen LogP contribution in [0.4, 0.5) is 0 Å². The average molecular weight is 344 g/mol. The van der Waals surface area contributed by atoms with Crippen molar-refractivity contribution in [3.63, 3.8) is 0 Å². The van der Waals surface area contributed by atoms with Crippen molar-refractivity contribution in [2.24, 2.45) is 0 Å². The van der Waals surface area contributed by atoms with E-state index in [2.05, 4.69) is 4.72 Å². The largest absolute Gasteiger partial charge is 0.242 e. The van der Waals surface area contributed by atoms with Crippen molar-refractivity contribution < 1.29 is 8.42 Å². The third-order valence-corrected chi connectivity index (χ3v) is 5.63. The van der Waals surface area contributed by atoms with Gasteiger partial charge in [0.15, 0.2) is 0 Å². The summed E-state index contributed by atoms with van der Waals surface area (Å²) in [7, 11) is -3.64. The van der Waals surface area contributed by atoms with Crippen LogP contribution in [0.3, 0.4) is 0 Å². The first-order valence-corrected chi connectivity index (χ1v) is 8.64. The van der Waals surface area contributed by atoms with Crippen molar-refractivity contribution in [1.82, 2.24) is 4.72 Å². The predicted molar refractivity (Wildman–Crippen MR) is 86.5 cm³/mol. The molecular formula is C15H15Cl2NO2S. The van der Waals surface area contributed by atoms with Gasteiger partial charge in [0, 0.05) is 11.6 Å². The van der Waals surface area contributed by atoms with E-state index in [1.54, 1.807) is 6.92 Å². The van der Waals surface area contributed by atoms with Gasteiger partial charge in [0.05, 0.1) is 5.02 Å². The van der Waals surface area contributed by atoms with Gasteiger partial charge >= 0.3 is 0 Å². The minimum atomic E-state index is -3.64. The molecule has 2 aromatic rings. The standard InChI is InChI=1S/C15H15Cl2NO2S/c1-11-13(16)7-8-14(15(11)17)21(19,20)18-10-9-12-5-3-2-4-6-12/h2-8,18H,9-10H2,1H3. The van der Waals surface area contributed by atoms with E-state index in [1.807, 2.05) is 30.3 Å². The summed E-state index contributed by atoms with van der Waals surface area (Å²) in [5, 5.41) is 0.609. The van der Waals surface area contributed by atoms with Crippen LogP contribution < -0.4 is 4.72 Å². The van der Waals surface area contributed by atoms with Crippen LogP contribution in [0.2, 0.25) is 10.0 Å². The zero-order valence-electron chi connectivity index (χ0n) is 11.4. The molecule has 0 spiro atoms. The van der Waals surface area contributed by atoms with E-state index in [9.17, 15) is 8.42 Å². The molecule has 0 bridgehead atoms. The molecule has 112 valence electrons. The van der Waals surface area contributed by atoms with E-state index in [1.165, 1.54) is 12.1 Å². The minimum Gasteiger partial charge on any atom is -0.211 e. The molecule has 0 saturated heterocycles. The van der Waals surface area contributed by atoms with Gasteiger partial charge in [0.1, 0.15) is 4.90 Å². The van der Waals surface area contributed by atoms with E-state index < -0.39 is 10.0 Å². The monoisotopic (exact) mass is 343 g/mol. The summed E-state index contributed by atoms with van der Waals surface area (Å²) >= 11 is 12.0. The predicted octanol–water partition coefficient (Wildman–Crippen LogP) is 3.82. The molecule has 0 unspecified atom stereocenters. The van der Waals surface area contributed by atoms with Crippen LogP contribution in [0, 0.1) is 6.92 Å². The Morgan fingerprint density at radius 1 is 1.05 bits per heavy atom. The molecule has 0 amide bonds. The second-order valence-corrected chi connectivity index (χ2v) is 7.14. The van der Waals surface area contributed by atoms with Crippen LogP contribution in [0.5, 0.6) is 0 Å². The fourth-order valence-electron chi connectivity index (χ4n) is 1.90. The zero-order valence-corrected chi connectivity index (χ0v) is 13.8. The summed E-state index contributed by atoms with van der Waals surface area (Å²) in [4.78, 5) is 0.0547. The zero-order chi connectivity index (χ0) is 15.5. The molecule has 0 aliphatic carbocycles. The molecule has 6 heteroatoms. The maximum atomic E-state index is 12.3. The van der Waals surface area contributed by atoms with Crippen LogP contribution in [0.15, 0.2) is 47.4 Å². The van der Waals surface area contributed by atoms with Crippen LogP contribution in [-0.2, 0) is 16.4 Å². The lowest BCUT2D eigenvalue weighted by Crippen LogP contribution is -2.26. The van der Waals surface area contributed by atoms with Crippen LogP contribution in [0.25, 0.3) is 0 Å². The highest BCUT2D eigenvalue weighted by Gasteiger charge is 2.19. The fraction of sp³-hybridized carbons (Fsp3) is 0.200. The van der Waals surface area contributed by atoms with Gasteiger partial charge in [-0.2, -0.15) is 0 Å². The number of rotatable bonds is 5. The molecule has 1 N–H and O–H groups in total. The number of benzene rings is 2. The van der Waals surface area contributed by atoms with Crippen LogP contribution in [-0.4, -0.2) is 15.0 Å². The van der Waals surface area contributed by atoms with Crippen molar-refractivity contribution >= 4 is 33.2 Å². The van der Waals surface area contributed by atoms with Gasteiger partial charge in [-0.3, -0.25) is 0 Å². The molecule has 0 aliphatic rings. The Morgan fingerprint density at radius 2 is 1.71 bits per heavy atom. The topological polar surface area (TPSA) is 46.2 Å². The molecule has 3 nitrogen and oxygen atoms in total. The van der Waals surface area contributed by atoms with E-state index in [0.29, 0.717) is 23.6 Å². The molecule has 0 aromatic heterocycles. The van der Waals surface area contributed by atoms with Gasteiger partial charge < -0.3 is 0 Å². The van der Waals surface area contributed by atoms with Gasteiger partial charge in [0.25, 0.3) is 0 Å². The van der Waals surface area contributed by atoms with Gasteiger partial charge in [-0.05, 0) is 36.6 Å². The Hall–Kier alpha value is -1.07. The number of sulfonamides is 1. The summed E-state index contributed by atoms with van der Waals surface area (Å²) in [6.07, 6.45) is 0.615. The Kier molecular flexibility index (Phi) is 5.27. The Labute approximate surface area is 135 Å². The first kappa shape index (κ1) is 16.3. The first-order valence-electron chi connectivity index (χ1n) is 6.40. The summed E-state index contributed by atoms with van der Waals surface area (Å²) in [5.41, 5.74) is 1.63. The lowest BCUT2D eigenvalue weighted by Gasteiger charge is -2.10. The van der Waals surface area contributed by atoms with E-state index >= 15 is 0 Å². The van der Waals surface area contributed by atoms with Crippen molar-refractivity contribution in [1.29, 1.82) is 0 Å². The fourth-order valence-corrected chi connectivity index (χ4v) is 3.73. The highest BCUT2D eigenvalue weighted by Crippen LogP contribution is 2.29. The molecule has 0 aliphatic heterocycles. The van der Waals surface area contributed by atoms with Gasteiger partial charge in [0.2, 0.25) is 10.0 Å². The molecular weight excluding hydrogens is 329 g/mol. The highest BCUT2D eigenvalue weighted by atomic mass is 35.5. The summed E-state index contributed by atoms with van der Waals surface area (Å²) in [5.74, 6) is 0. The molecule has 0 atom stereocenters. The lowest BCUT2D eigenvalue weighted by atomic mass is 10.2. The summed E-state index contributed by atoms with van der Waals surface area (Å²) in [6.45, 7) is 2.00. The van der Waals surface area contributed by atoms with E-state index in [0.717, 1.165) is 5.56 Å². The van der Waals surface area contributed by atoms with Crippen molar-refractivity contribution in [2.75, 3.05) is 6.54 Å². The van der Waals surface area contributed by atoms with Crippen molar-refractivity contribution in [2.45, 2.75) is 18.2 Å². The van der Waals surface area contributed by atoms with E-state index in [-0.39, 0.29) is 9.92 Å². The Balaban J connectivity index is 2.11. The van der Waals surface area contributed by atoms with Crippen molar-refractivity contribution in [3.05, 3.63) is 63.6 Å². The first-order chi connectivity index (χ1) is 9.92. The van der Waals surface area contributed by atoms with Crippen LogP contribution >= 0.6 is 23.2 Å². The number of hydrogen-bond acceptors (Lipinski definition) is 2. The maximum Gasteiger partial charge on any atom is 0.242 e. The quantitative estimate of drug-likeness (QED) is 0.896. The Bertz CT molecular complexity index is 731. The SMILES string of the molecule is Cc1c(Cl)ccc(S(=O)(=O)NCCc2ccccc2)c1Cl. The maximum absolute atomic E-state index is 12.3. The second-order valence-electron chi connectivity index (χ2n) is 4.62. The number of nitrogens with one attached hydrogen (secondary N) is 1. The van der Waals surface area contributed by atoms with Gasteiger partial charge in [-0.15, -0.1) is 0 Å². The molecule has 21 heavy (non-hydrogen) atoms. The van der Waals surface area contributed by atoms with Gasteiger partial charge in [-0.25, -0.2) is 13.1 Å². The average Bonchev–Trinajstić information content (AvgIpc) is 2.45. The normalized spacial score (nSPS) is 11.6. The smallest absolute Gasteiger partial charge is 0.211 e. The second kappa shape index (κ2) is 6.79. The molecule has 0 radical (unpaired) electrons. The molecule has 0 heterocycles. The number of halogens is 2. The molecule has 2 rings (SSSR count). The lowest BCUT2D eigenvalue weighted by molar-refractivity contribution is 0.581. The summed E-state index contributed by atoms with van der Waals surface area (Å²) in [6, 6.07) is 12.6. The number of hydrogen-bond donors (Lipinski definition) is 1. The summed E-state index contributed by atoms with van der Waals surface area (Å²) < 4.78 is 27.1. The highest BCUT2D eigenvalue weighted by molar-refractivity contribution is 7.89.